The van der Waals surface area contributed by atoms with Gasteiger partial charge in [0.2, 0.25) is 0 Å². The highest BCUT2D eigenvalue weighted by atomic mass is 15.2. The molecule has 16 heavy (non-hydrogen) atoms. The van der Waals surface area contributed by atoms with Gasteiger partial charge >= 0.3 is 0 Å². The Kier molecular flexibility index (Phi) is 7.98. The van der Waals surface area contributed by atoms with E-state index in [1.54, 1.807) is 0 Å². The van der Waals surface area contributed by atoms with E-state index in [1.807, 2.05) is 24.3 Å². The lowest BCUT2D eigenvalue weighted by Gasteiger charge is -2.06. The van der Waals surface area contributed by atoms with Crippen molar-refractivity contribution in [3.63, 3.8) is 0 Å². The fourth-order valence-corrected chi connectivity index (χ4v) is 1.12. The molecule has 0 aliphatic heterocycles. The van der Waals surface area contributed by atoms with Gasteiger partial charge in [-0.2, -0.15) is 0 Å². The number of benzene rings is 1. The summed E-state index contributed by atoms with van der Waals surface area (Å²) in [5.74, 6) is 5.19. The van der Waals surface area contributed by atoms with Crippen molar-refractivity contribution in [2.24, 2.45) is 5.84 Å². The number of aryl methyl sites for hydroxylation is 1. The van der Waals surface area contributed by atoms with E-state index >= 15 is 0 Å². The molecule has 0 saturated heterocycles. The van der Waals surface area contributed by atoms with Crippen LogP contribution in [0.2, 0.25) is 0 Å². The predicted octanol–water partition coefficient (Wildman–Crippen LogP) is 2.59. The highest BCUT2D eigenvalue weighted by Gasteiger charge is 1.98. The monoisotopic (exact) mass is 221 g/mol. The molecule has 0 atom stereocenters. The summed E-state index contributed by atoms with van der Waals surface area (Å²) in [7, 11) is 0. The summed E-state index contributed by atoms with van der Waals surface area (Å²) >= 11 is 0. The van der Waals surface area contributed by atoms with Crippen LogP contribution in [0, 0.1) is 0 Å². The number of hydrogen-bond donors (Lipinski definition) is 3. The van der Waals surface area contributed by atoms with Gasteiger partial charge in [0.05, 0.1) is 0 Å². The van der Waals surface area contributed by atoms with Gasteiger partial charge in [-0.3, -0.25) is 5.84 Å². The third kappa shape index (κ3) is 6.09. The van der Waals surface area contributed by atoms with E-state index in [0.717, 1.165) is 29.8 Å². The van der Waals surface area contributed by atoms with E-state index < -0.39 is 0 Å². The van der Waals surface area contributed by atoms with Crippen molar-refractivity contribution in [1.82, 2.24) is 5.43 Å². The van der Waals surface area contributed by atoms with E-state index in [1.165, 1.54) is 6.42 Å². The maximum absolute atomic E-state index is 5.77. The first-order chi connectivity index (χ1) is 7.65. The minimum absolute atomic E-state index is 0.810. The van der Waals surface area contributed by atoms with Crippen LogP contribution >= 0.6 is 0 Å². The first-order valence-corrected chi connectivity index (χ1v) is 5.63. The van der Waals surface area contributed by atoms with Gasteiger partial charge in [-0.1, -0.05) is 45.0 Å². The molecule has 90 valence electrons. The van der Waals surface area contributed by atoms with Gasteiger partial charge in [-0.05, 0) is 24.5 Å². The van der Waals surface area contributed by atoms with Gasteiger partial charge in [0.1, 0.15) is 0 Å². The average Bonchev–Trinajstić information content (AvgIpc) is 2.28. The number of nitrogen functional groups attached to an aromatic ring is 1. The fraction of sp³-hybridized carbons (Fsp3) is 0.385. The lowest BCUT2D eigenvalue weighted by atomic mass is 10.1. The standard InChI is InChI=1S/C10H15N3.C3H8/c1-8(13-12)6-7-9-4-2-3-5-10(9)11;1-3-2/h2-5,13H,1,6-7,11-12H2;3H2,1-2H3. The summed E-state index contributed by atoms with van der Waals surface area (Å²) in [6, 6.07) is 7.81. The van der Waals surface area contributed by atoms with Gasteiger partial charge in [-0.25, -0.2) is 0 Å². The fourth-order valence-electron chi connectivity index (χ4n) is 1.12. The maximum atomic E-state index is 5.77. The number of rotatable bonds is 4. The highest BCUT2D eigenvalue weighted by molar-refractivity contribution is 5.46. The topological polar surface area (TPSA) is 64.1 Å². The Balaban J connectivity index is 0.000000673. The second-order valence-corrected chi connectivity index (χ2v) is 3.65. The van der Waals surface area contributed by atoms with Crippen molar-refractivity contribution in [3.05, 3.63) is 42.1 Å². The number of anilines is 1. The molecule has 3 nitrogen and oxygen atoms in total. The molecular weight excluding hydrogens is 198 g/mol. The quantitative estimate of drug-likeness (QED) is 0.416. The summed E-state index contributed by atoms with van der Waals surface area (Å²) in [5.41, 5.74) is 11.1. The Bertz CT molecular complexity index is 308. The van der Waals surface area contributed by atoms with Gasteiger partial charge in [0, 0.05) is 11.4 Å². The van der Waals surface area contributed by atoms with Crippen LogP contribution in [-0.2, 0) is 6.42 Å². The SMILES string of the molecule is C=C(CCc1ccccc1N)NN.CCC. The van der Waals surface area contributed by atoms with Gasteiger partial charge in [-0.15, -0.1) is 0 Å². The summed E-state index contributed by atoms with van der Waals surface area (Å²) in [6.07, 6.45) is 2.93. The van der Waals surface area contributed by atoms with Crippen LogP contribution in [0.3, 0.4) is 0 Å². The number of hydrazine groups is 1. The molecule has 0 aliphatic rings. The van der Waals surface area contributed by atoms with Gasteiger partial charge in [0.25, 0.3) is 0 Å². The van der Waals surface area contributed by atoms with E-state index in [9.17, 15) is 0 Å². The Morgan fingerprint density at radius 3 is 2.38 bits per heavy atom. The lowest BCUT2D eigenvalue weighted by Crippen LogP contribution is -2.20. The van der Waals surface area contributed by atoms with Crippen LogP contribution < -0.4 is 17.0 Å². The number of para-hydroxylation sites is 1. The van der Waals surface area contributed by atoms with Gasteiger partial charge < -0.3 is 11.2 Å². The number of hydrogen-bond acceptors (Lipinski definition) is 3. The molecule has 0 amide bonds. The van der Waals surface area contributed by atoms with E-state index in [-0.39, 0.29) is 0 Å². The molecule has 0 aromatic heterocycles. The third-order valence-electron chi connectivity index (χ3n) is 1.96. The Labute approximate surface area is 98.5 Å². The molecule has 1 aromatic rings. The predicted molar refractivity (Wildman–Crippen MR) is 71.6 cm³/mol. The molecule has 5 N–H and O–H groups in total. The molecule has 0 heterocycles. The lowest BCUT2D eigenvalue weighted by molar-refractivity contribution is 0.792. The first kappa shape index (κ1) is 14.5. The molecule has 3 heteroatoms. The van der Waals surface area contributed by atoms with Gasteiger partial charge in [0.15, 0.2) is 0 Å². The van der Waals surface area contributed by atoms with E-state index in [0.29, 0.717) is 0 Å². The van der Waals surface area contributed by atoms with E-state index in [2.05, 4.69) is 25.9 Å². The van der Waals surface area contributed by atoms with Crippen LogP contribution in [0.4, 0.5) is 5.69 Å². The average molecular weight is 221 g/mol. The molecule has 0 unspecified atom stereocenters. The zero-order valence-electron chi connectivity index (χ0n) is 10.3. The minimum Gasteiger partial charge on any atom is -0.399 e. The van der Waals surface area contributed by atoms with Crippen molar-refractivity contribution < 1.29 is 0 Å². The zero-order chi connectivity index (χ0) is 12.4. The summed E-state index contributed by atoms with van der Waals surface area (Å²) in [6.45, 7) is 7.99. The normalized spacial score (nSPS) is 8.94. The van der Waals surface area contributed by atoms with Crippen LogP contribution in [0.25, 0.3) is 0 Å². The Morgan fingerprint density at radius 1 is 1.31 bits per heavy atom. The summed E-state index contributed by atoms with van der Waals surface area (Å²) in [5, 5.41) is 0. The molecular formula is C13H23N3. The van der Waals surface area contributed by atoms with Crippen molar-refractivity contribution in [1.29, 1.82) is 0 Å². The second-order valence-electron chi connectivity index (χ2n) is 3.65. The molecule has 0 spiro atoms. The summed E-state index contributed by atoms with van der Waals surface area (Å²) < 4.78 is 0. The smallest absolute Gasteiger partial charge is 0.0346 e. The Morgan fingerprint density at radius 2 is 1.88 bits per heavy atom. The number of allylic oxidation sites excluding steroid dienone is 1. The molecule has 0 bridgehead atoms. The number of nitrogens with two attached hydrogens (primary N) is 2. The van der Waals surface area contributed by atoms with Crippen molar-refractivity contribution in [2.75, 3.05) is 5.73 Å². The van der Waals surface area contributed by atoms with Crippen molar-refractivity contribution in [2.45, 2.75) is 33.1 Å². The molecule has 0 saturated carbocycles. The minimum atomic E-state index is 0.810. The maximum Gasteiger partial charge on any atom is 0.0346 e. The van der Waals surface area contributed by atoms with Crippen LogP contribution in [0.15, 0.2) is 36.5 Å². The molecule has 0 fully saturated rings. The van der Waals surface area contributed by atoms with Crippen LogP contribution in [0.5, 0.6) is 0 Å². The van der Waals surface area contributed by atoms with Crippen molar-refractivity contribution >= 4 is 5.69 Å². The molecule has 1 aromatic carbocycles. The van der Waals surface area contributed by atoms with Crippen molar-refractivity contribution in [3.8, 4) is 0 Å². The molecule has 0 radical (unpaired) electrons. The first-order valence-electron chi connectivity index (χ1n) is 5.63. The second kappa shape index (κ2) is 8.80. The van der Waals surface area contributed by atoms with E-state index in [4.69, 9.17) is 11.6 Å². The Hall–Kier alpha value is -1.48. The van der Waals surface area contributed by atoms with Crippen LogP contribution in [-0.4, -0.2) is 0 Å². The molecule has 1 rings (SSSR count). The third-order valence-corrected chi connectivity index (χ3v) is 1.96. The number of nitrogens with one attached hydrogen (secondary N) is 1. The molecule has 0 aliphatic carbocycles. The largest absolute Gasteiger partial charge is 0.399 e. The highest BCUT2D eigenvalue weighted by Crippen LogP contribution is 2.13. The van der Waals surface area contributed by atoms with Crippen LogP contribution in [0.1, 0.15) is 32.3 Å². The zero-order valence-corrected chi connectivity index (χ0v) is 10.3. The summed E-state index contributed by atoms with van der Waals surface area (Å²) in [4.78, 5) is 0.